The smallest absolute Gasteiger partial charge is 0.315 e. The SMILES string of the molecule is O=C(NCc1ccc(F)cc1)NC1CCCC1C(=O)O. The van der Waals surface area contributed by atoms with Gasteiger partial charge in [0.2, 0.25) is 0 Å². The Morgan fingerprint density at radius 2 is 1.95 bits per heavy atom. The first kappa shape index (κ1) is 14.3. The zero-order valence-corrected chi connectivity index (χ0v) is 10.9. The minimum atomic E-state index is -0.869. The maximum Gasteiger partial charge on any atom is 0.315 e. The van der Waals surface area contributed by atoms with Crippen molar-refractivity contribution >= 4 is 12.0 Å². The summed E-state index contributed by atoms with van der Waals surface area (Å²) in [6, 6.07) is 5.11. The van der Waals surface area contributed by atoms with Crippen LogP contribution in [0.3, 0.4) is 0 Å². The van der Waals surface area contributed by atoms with Gasteiger partial charge < -0.3 is 15.7 Å². The van der Waals surface area contributed by atoms with E-state index in [2.05, 4.69) is 10.6 Å². The molecule has 2 rings (SSSR count). The fraction of sp³-hybridized carbons (Fsp3) is 0.429. The minimum absolute atomic E-state index is 0.274. The first-order chi connectivity index (χ1) is 9.56. The number of carboxylic acid groups (broad SMARTS) is 1. The molecule has 5 nitrogen and oxygen atoms in total. The van der Waals surface area contributed by atoms with Gasteiger partial charge in [-0.25, -0.2) is 9.18 Å². The van der Waals surface area contributed by atoms with Crippen LogP contribution in [-0.2, 0) is 11.3 Å². The van der Waals surface area contributed by atoms with E-state index >= 15 is 0 Å². The highest BCUT2D eigenvalue weighted by molar-refractivity contribution is 5.77. The minimum Gasteiger partial charge on any atom is -0.481 e. The van der Waals surface area contributed by atoms with Gasteiger partial charge in [-0.05, 0) is 30.5 Å². The molecule has 2 unspecified atom stereocenters. The second-order valence-electron chi connectivity index (χ2n) is 4.94. The first-order valence-electron chi connectivity index (χ1n) is 6.58. The lowest BCUT2D eigenvalue weighted by molar-refractivity contribution is -0.142. The molecule has 2 amide bonds. The Morgan fingerprint density at radius 1 is 1.25 bits per heavy atom. The molecular formula is C14H17FN2O3. The Morgan fingerprint density at radius 3 is 2.60 bits per heavy atom. The summed E-state index contributed by atoms with van der Waals surface area (Å²) in [5, 5.41) is 14.3. The van der Waals surface area contributed by atoms with Gasteiger partial charge in [0.05, 0.1) is 5.92 Å². The topological polar surface area (TPSA) is 78.4 Å². The normalized spacial score (nSPS) is 21.4. The van der Waals surface area contributed by atoms with E-state index in [0.717, 1.165) is 12.0 Å². The van der Waals surface area contributed by atoms with Gasteiger partial charge in [0.1, 0.15) is 5.82 Å². The van der Waals surface area contributed by atoms with E-state index in [0.29, 0.717) is 12.8 Å². The number of hydrogen-bond donors (Lipinski definition) is 3. The van der Waals surface area contributed by atoms with E-state index in [1.165, 1.54) is 12.1 Å². The number of halogens is 1. The van der Waals surface area contributed by atoms with Crippen LogP contribution in [0.25, 0.3) is 0 Å². The van der Waals surface area contributed by atoms with Crippen LogP contribution in [0.2, 0.25) is 0 Å². The third-order valence-electron chi connectivity index (χ3n) is 3.52. The van der Waals surface area contributed by atoms with Gasteiger partial charge in [0.15, 0.2) is 0 Å². The molecule has 3 N–H and O–H groups in total. The number of carbonyl (C=O) groups is 2. The molecule has 0 saturated heterocycles. The lowest BCUT2D eigenvalue weighted by atomic mass is 10.0. The van der Waals surface area contributed by atoms with Crippen LogP contribution >= 0.6 is 0 Å². The third kappa shape index (κ3) is 3.69. The maximum absolute atomic E-state index is 12.7. The molecule has 1 saturated carbocycles. The number of aliphatic carboxylic acids is 1. The van der Waals surface area contributed by atoms with Gasteiger partial charge >= 0.3 is 12.0 Å². The van der Waals surface area contributed by atoms with Crippen molar-refractivity contribution < 1.29 is 19.1 Å². The third-order valence-corrected chi connectivity index (χ3v) is 3.52. The molecule has 0 spiro atoms. The van der Waals surface area contributed by atoms with Gasteiger partial charge in [0, 0.05) is 12.6 Å². The number of benzene rings is 1. The van der Waals surface area contributed by atoms with E-state index < -0.39 is 17.9 Å². The van der Waals surface area contributed by atoms with Gasteiger partial charge in [-0.15, -0.1) is 0 Å². The predicted octanol–water partition coefficient (Wildman–Crippen LogP) is 1.88. The van der Waals surface area contributed by atoms with Gasteiger partial charge in [-0.1, -0.05) is 18.6 Å². The lowest BCUT2D eigenvalue weighted by Gasteiger charge is -2.18. The maximum atomic E-state index is 12.7. The van der Waals surface area contributed by atoms with Crippen molar-refractivity contribution in [2.75, 3.05) is 0 Å². The summed E-state index contributed by atoms with van der Waals surface area (Å²) in [5.41, 5.74) is 0.780. The van der Waals surface area contributed by atoms with Crippen molar-refractivity contribution in [1.82, 2.24) is 10.6 Å². The van der Waals surface area contributed by atoms with E-state index in [9.17, 15) is 14.0 Å². The molecular weight excluding hydrogens is 263 g/mol. The molecule has 0 heterocycles. The number of hydrogen-bond acceptors (Lipinski definition) is 2. The summed E-state index contributed by atoms with van der Waals surface area (Å²) in [5.74, 6) is -1.70. The van der Waals surface area contributed by atoms with Crippen LogP contribution in [0.4, 0.5) is 9.18 Å². The zero-order chi connectivity index (χ0) is 14.5. The van der Waals surface area contributed by atoms with Gasteiger partial charge in [0.25, 0.3) is 0 Å². The molecule has 1 aliphatic rings. The Hall–Kier alpha value is -2.11. The van der Waals surface area contributed by atoms with Crippen LogP contribution in [0, 0.1) is 11.7 Å². The van der Waals surface area contributed by atoms with Crippen molar-refractivity contribution in [3.63, 3.8) is 0 Å². The highest BCUT2D eigenvalue weighted by atomic mass is 19.1. The molecule has 0 radical (unpaired) electrons. The van der Waals surface area contributed by atoms with Crippen molar-refractivity contribution in [2.24, 2.45) is 5.92 Å². The average molecular weight is 280 g/mol. The van der Waals surface area contributed by atoms with E-state index in [-0.39, 0.29) is 18.4 Å². The molecule has 2 atom stereocenters. The molecule has 0 aliphatic heterocycles. The summed E-state index contributed by atoms with van der Waals surface area (Å²) >= 11 is 0. The second kappa shape index (κ2) is 6.36. The Kier molecular flexibility index (Phi) is 4.55. The quantitative estimate of drug-likeness (QED) is 0.788. The molecule has 20 heavy (non-hydrogen) atoms. The summed E-state index contributed by atoms with van der Waals surface area (Å²) in [6.45, 7) is 0.274. The standard InChI is InChI=1S/C14H17FN2O3/c15-10-6-4-9(5-7-10)8-16-14(20)17-12-3-1-2-11(12)13(18)19/h4-7,11-12H,1-3,8H2,(H,18,19)(H2,16,17,20). The number of urea groups is 1. The molecule has 1 fully saturated rings. The van der Waals surface area contributed by atoms with Crippen molar-refractivity contribution in [1.29, 1.82) is 0 Å². The highest BCUT2D eigenvalue weighted by Gasteiger charge is 2.33. The second-order valence-corrected chi connectivity index (χ2v) is 4.94. The number of carbonyl (C=O) groups excluding carboxylic acids is 1. The van der Waals surface area contributed by atoms with E-state index in [1.807, 2.05) is 0 Å². The average Bonchev–Trinajstić information content (AvgIpc) is 2.86. The molecule has 108 valence electrons. The molecule has 1 aliphatic carbocycles. The Bertz CT molecular complexity index is 490. The van der Waals surface area contributed by atoms with Gasteiger partial charge in [-0.2, -0.15) is 0 Å². The van der Waals surface area contributed by atoms with Crippen LogP contribution in [0.5, 0.6) is 0 Å². The summed E-state index contributed by atoms with van der Waals surface area (Å²) in [7, 11) is 0. The number of carboxylic acids is 1. The highest BCUT2D eigenvalue weighted by Crippen LogP contribution is 2.25. The summed E-state index contributed by atoms with van der Waals surface area (Å²) in [4.78, 5) is 22.7. The predicted molar refractivity (Wildman–Crippen MR) is 70.5 cm³/mol. The van der Waals surface area contributed by atoms with E-state index in [1.54, 1.807) is 12.1 Å². The lowest BCUT2D eigenvalue weighted by Crippen LogP contribution is -2.45. The summed E-state index contributed by atoms with van der Waals surface area (Å²) < 4.78 is 12.7. The van der Waals surface area contributed by atoms with E-state index in [4.69, 9.17) is 5.11 Å². The fourth-order valence-corrected chi connectivity index (χ4v) is 2.43. The summed E-state index contributed by atoms with van der Waals surface area (Å²) in [6.07, 6.45) is 2.08. The van der Waals surface area contributed by atoms with Crippen molar-refractivity contribution in [2.45, 2.75) is 31.8 Å². The molecule has 1 aromatic carbocycles. The van der Waals surface area contributed by atoms with Crippen molar-refractivity contribution in [3.05, 3.63) is 35.6 Å². The zero-order valence-electron chi connectivity index (χ0n) is 10.9. The van der Waals surface area contributed by atoms with Crippen molar-refractivity contribution in [3.8, 4) is 0 Å². The largest absolute Gasteiger partial charge is 0.481 e. The van der Waals surface area contributed by atoms with Crippen LogP contribution < -0.4 is 10.6 Å². The molecule has 0 bridgehead atoms. The molecule has 6 heteroatoms. The number of rotatable bonds is 4. The van der Waals surface area contributed by atoms with Crippen LogP contribution in [-0.4, -0.2) is 23.1 Å². The first-order valence-corrected chi connectivity index (χ1v) is 6.58. The number of amides is 2. The van der Waals surface area contributed by atoms with Gasteiger partial charge in [-0.3, -0.25) is 4.79 Å². The monoisotopic (exact) mass is 280 g/mol. The molecule has 0 aromatic heterocycles. The fourth-order valence-electron chi connectivity index (χ4n) is 2.43. The van der Waals surface area contributed by atoms with Crippen LogP contribution in [0.15, 0.2) is 24.3 Å². The molecule has 1 aromatic rings. The Balaban J connectivity index is 1.80. The Labute approximate surface area is 116 Å². The van der Waals surface area contributed by atoms with Crippen LogP contribution in [0.1, 0.15) is 24.8 Å². The number of nitrogens with one attached hydrogen (secondary N) is 2.